The van der Waals surface area contributed by atoms with Crippen molar-refractivity contribution in [3.63, 3.8) is 0 Å². The van der Waals surface area contributed by atoms with Gasteiger partial charge in [-0.2, -0.15) is 0 Å². The Morgan fingerprint density at radius 3 is 2.12 bits per heavy atom. The van der Waals surface area contributed by atoms with Gasteiger partial charge in [0.25, 0.3) is 17.1 Å². The first-order chi connectivity index (χ1) is 12.4. The second kappa shape index (κ2) is 7.24. The molecule has 0 radical (unpaired) electrons. The first-order valence-electron chi connectivity index (χ1n) is 7.40. The van der Waals surface area contributed by atoms with E-state index in [1.165, 1.54) is 24.3 Å². The standard InChI is InChI=1S/C18H12N2O5S/c21-15(19-13-7-5-12(6-8-13)17(23)24)11-3-1-10(2-4-11)9-14-16(22)20-18(25)26-14/h1-9H,(H,19,21)(H,23,24)(H,20,22,25)/p-1/b14-9-. The van der Waals surface area contributed by atoms with Crippen molar-refractivity contribution in [2.45, 2.75) is 0 Å². The van der Waals surface area contributed by atoms with Crippen LogP contribution < -0.4 is 15.7 Å². The molecule has 1 aliphatic rings. The number of carboxylic acid groups (broad SMARTS) is 1. The molecule has 2 aromatic rings. The highest BCUT2D eigenvalue weighted by Crippen LogP contribution is 2.25. The molecule has 8 heteroatoms. The van der Waals surface area contributed by atoms with Crippen molar-refractivity contribution in [2.75, 3.05) is 5.32 Å². The Hall–Kier alpha value is -3.39. The number of carbonyl (C=O) groups is 4. The van der Waals surface area contributed by atoms with Crippen LogP contribution in [0.15, 0.2) is 53.4 Å². The summed E-state index contributed by atoms with van der Waals surface area (Å²) < 4.78 is 0. The van der Waals surface area contributed by atoms with Gasteiger partial charge in [0.1, 0.15) is 0 Å². The van der Waals surface area contributed by atoms with Gasteiger partial charge >= 0.3 is 0 Å². The van der Waals surface area contributed by atoms with Gasteiger partial charge < -0.3 is 15.2 Å². The number of thioether (sulfide) groups is 1. The number of benzene rings is 2. The van der Waals surface area contributed by atoms with Crippen molar-refractivity contribution < 1.29 is 24.3 Å². The highest BCUT2D eigenvalue weighted by atomic mass is 32.2. The minimum Gasteiger partial charge on any atom is -0.545 e. The third-order valence-electron chi connectivity index (χ3n) is 3.49. The normalized spacial score (nSPS) is 15.0. The van der Waals surface area contributed by atoms with Crippen LogP contribution in [0.1, 0.15) is 26.3 Å². The van der Waals surface area contributed by atoms with E-state index in [2.05, 4.69) is 10.6 Å². The number of hydrogen-bond donors (Lipinski definition) is 2. The fraction of sp³-hybridized carbons (Fsp3) is 0. The minimum absolute atomic E-state index is 0.0210. The average Bonchev–Trinajstić information content (AvgIpc) is 2.93. The molecule has 0 spiro atoms. The number of rotatable bonds is 4. The molecule has 1 aliphatic heterocycles. The molecular formula is C18H11N2O5S-. The topological polar surface area (TPSA) is 115 Å². The van der Waals surface area contributed by atoms with Crippen LogP contribution in [-0.4, -0.2) is 23.0 Å². The maximum atomic E-state index is 12.2. The summed E-state index contributed by atoms with van der Waals surface area (Å²) in [5, 5.41) is 15.1. The van der Waals surface area contributed by atoms with Gasteiger partial charge in [0, 0.05) is 11.3 Å². The Labute approximate surface area is 152 Å². The SMILES string of the molecule is O=C1NC(=O)/C(=C/c2ccc(C(=O)Nc3ccc(C(=O)[O-])cc3)cc2)S1. The monoisotopic (exact) mass is 367 g/mol. The molecule has 3 amide bonds. The fourth-order valence-electron chi connectivity index (χ4n) is 2.20. The molecule has 0 saturated carbocycles. The van der Waals surface area contributed by atoms with Crippen LogP contribution in [0.5, 0.6) is 0 Å². The highest BCUT2D eigenvalue weighted by molar-refractivity contribution is 8.18. The van der Waals surface area contributed by atoms with E-state index in [1.54, 1.807) is 30.3 Å². The van der Waals surface area contributed by atoms with E-state index in [9.17, 15) is 24.3 Å². The Morgan fingerprint density at radius 2 is 1.58 bits per heavy atom. The highest BCUT2D eigenvalue weighted by Gasteiger charge is 2.24. The van der Waals surface area contributed by atoms with Gasteiger partial charge in [-0.1, -0.05) is 24.3 Å². The predicted molar refractivity (Wildman–Crippen MR) is 94.3 cm³/mol. The Bertz CT molecular complexity index is 933. The van der Waals surface area contributed by atoms with E-state index in [0.29, 0.717) is 21.7 Å². The first-order valence-corrected chi connectivity index (χ1v) is 8.22. The van der Waals surface area contributed by atoms with Gasteiger partial charge in [0.05, 0.1) is 10.9 Å². The van der Waals surface area contributed by atoms with Crippen molar-refractivity contribution in [2.24, 2.45) is 0 Å². The summed E-state index contributed by atoms with van der Waals surface area (Å²) in [5.41, 5.74) is 1.53. The molecule has 1 heterocycles. The van der Waals surface area contributed by atoms with Crippen molar-refractivity contribution in [1.29, 1.82) is 0 Å². The molecule has 0 unspecified atom stereocenters. The van der Waals surface area contributed by atoms with Gasteiger partial charge in [-0.05, 0) is 53.2 Å². The predicted octanol–water partition coefficient (Wildman–Crippen LogP) is 1.63. The number of aromatic carboxylic acids is 1. The Balaban J connectivity index is 1.69. The second-order valence-electron chi connectivity index (χ2n) is 5.29. The van der Waals surface area contributed by atoms with E-state index >= 15 is 0 Å². The molecule has 2 N–H and O–H groups in total. The number of anilines is 1. The molecule has 0 bridgehead atoms. The van der Waals surface area contributed by atoms with E-state index < -0.39 is 17.1 Å². The number of carbonyl (C=O) groups excluding carboxylic acids is 4. The second-order valence-corrected chi connectivity index (χ2v) is 6.31. The number of hydrogen-bond acceptors (Lipinski definition) is 6. The fourth-order valence-corrected chi connectivity index (χ4v) is 2.88. The lowest BCUT2D eigenvalue weighted by atomic mass is 10.1. The maximum Gasteiger partial charge on any atom is 0.290 e. The van der Waals surface area contributed by atoms with E-state index in [1.807, 2.05) is 0 Å². The summed E-state index contributed by atoms with van der Waals surface area (Å²) in [6.07, 6.45) is 1.56. The molecule has 1 saturated heterocycles. The maximum absolute atomic E-state index is 12.2. The lowest BCUT2D eigenvalue weighted by Gasteiger charge is -2.07. The van der Waals surface area contributed by atoms with Crippen molar-refractivity contribution in [3.8, 4) is 0 Å². The summed E-state index contributed by atoms with van der Waals surface area (Å²) in [4.78, 5) is 45.8. The molecule has 7 nitrogen and oxygen atoms in total. The third-order valence-corrected chi connectivity index (χ3v) is 4.30. The molecule has 26 heavy (non-hydrogen) atoms. The third kappa shape index (κ3) is 3.98. The molecule has 0 aliphatic carbocycles. The van der Waals surface area contributed by atoms with Crippen molar-refractivity contribution in [3.05, 3.63) is 70.1 Å². The smallest absolute Gasteiger partial charge is 0.290 e. The molecule has 0 aromatic heterocycles. The lowest BCUT2D eigenvalue weighted by Crippen LogP contribution is -2.22. The van der Waals surface area contributed by atoms with Gasteiger partial charge in [-0.3, -0.25) is 19.7 Å². The first kappa shape index (κ1) is 17.4. The largest absolute Gasteiger partial charge is 0.545 e. The molecule has 1 fully saturated rings. The van der Waals surface area contributed by atoms with Crippen LogP contribution in [0.4, 0.5) is 10.5 Å². The zero-order chi connectivity index (χ0) is 18.7. The van der Waals surface area contributed by atoms with E-state index in [0.717, 1.165) is 11.8 Å². The molecule has 2 aromatic carbocycles. The molecule has 130 valence electrons. The number of nitrogens with one attached hydrogen (secondary N) is 2. The van der Waals surface area contributed by atoms with Crippen LogP contribution in [0.25, 0.3) is 6.08 Å². The summed E-state index contributed by atoms with van der Waals surface area (Å²) >= 11 is 0.820. The van der Waals surface area contributed by atoms with Crippen molar-refractivity contribution >= 4 is 46.5 Å². The van der Waals surface area contributed by atoms with E-state index in [-0.39, 0.29) is 11.5 Å². The summed E-state index contributed by atoms with van der Waals surface area (Å²) in [5.74, 6) is -2.10. The van der Waals surface area contributed by atoms with E-state index in [4.69, 9.17) is 0 Å². The van der Waals surface area contributed by atoms with Crippen LogP contribution in [0, 0.1) is 0 Å². The zero-order valence-corrected chi connectivity index (χ0v) is 14.0. The van der Waals surface area contributed by atoms with Gasteiger partial charge in [-0.15, -0.1) is 0 Å². The Kier molecular flexibility index (Phi) is 4.85. The Morgan fingerprint density at radius 1 is 0.962 bits per heavy atom. The minimum atomic E-state index is -1.29. The number of amides is 3. The summed E-state index contributed by atoms with van der Waals surface area (Å²) in [6.45, 7) is 0. The quantitative estimate of drug-likeness (QED) is 0.794. The summed E-state index contributed by atoms with van der Waals surface area (Å²) in [6, 6.07) is 12.1. The van der Waals surface area contributed by atoms with Crippen molar-refractivity contribution in [1.82, 2.24) is 5.32 Å². The average molecular weight is 367 g/mol. The molecule has 3 rings (SSSR count). The van der Waals surface area contributed by atoms with Crippen LogP contribution in [-0.2, 0) is 4.79 Å². The zero-order valence-electron chi connectivity index (χ0n) is 13.1. The molecular weight excluding hydrogens is 356 g/mol. The van der Waals surface area contributed by atoms with Crippen LogP contribution in [0.2, 0.25) is 0 Å². The van der Waals surface area contributed by atoms with Gasteiger partial charge in [-0.25, -0.2) is 0 Å². The molecule has 0 atom stereocenters. The number of carboxylic acids is 1. The van der Waals surface area contributed by atoms with Crippen LogP contribution >= 0.6 is 11.8 Å². The van der Waals surface area contributed by atoms with Gasteiger partial charge in [0.15, 0.2) is 0 Å². The number of imide groups is 1. The summed E-state index contributed by atoms with van der Waals surface area (Å²) in [7, 11) is 0. The lowest BCUT2D eigenvalue weighted by molar-refractivity contribution is -0.255. The van der Waals surface area contributed by atoms with Crippen LogP contribution in [0.3, 0.4) is 0 Å². The van der Waals surface area contributed by atoms with Gasteiger partial charge in [0.2, 0.25) is 0 Å².